The maximum absolute atomic E-state index is 12.1. The van der Waals surface area contributed by atoms with Gasteiger partial charge in [-0.25, -0.2) is 0 Å². The lowest BCUT2D eigenvalue weighted by molar-refractivity contribution is -0.128. The molecule has 1 rings (SSSR count). The van der Waals surface area contributed by atoms with Gasteiger partial charge in [0.2, 0.25) is 0 Å². The second-order valence-corrected chi connectivity index (χ2v) is 5.48. The number of amides is 1. The third kappa shape index (κ3) is 5.56. The van der Waals surface area contributed by atoms with Gasteiger partial charge in [-0.3, -0.25) is 4.79 Å². The van der Waals surface area contributed by atoms with Crippen LogP contribution in [-0.2, 0) is 11.3 Å². The average molecular weight is 313 g/mol. The first kappa shape index (κ1) is 17.8. The molecule has 0 bridgehead atoms. The van der Waals surface area contributed by atoms with Crippen molar-refractivity contribution in [2.45, 2.75) is 52.3 Å². The molecule has 0 aliphatic carbocycles. The zero-order valence-corrected chi connectivity index (χ0v) is 14.0. The van der Waals surface area contributed by atoms with E-state index < -0.39 is 6.10 Å². The largest absolute Gasteiger partial charge is 0.479 e. The Balaban J connectivity index is 2.65. The molecule has 1 aromatic rings. The van der Waals surface area contributed by atoms with Crippen molar-refractivity contribution in [2.24, 2.45) is 0 Å². The van der Waals surface area contributed by atoms with Gasteiger partial charge in [0.25, 0.3) is 5.91 Å². The maximum Gasteiger partial charge on any atom is 0.260 e. The predicted molar refractivity (Wildman–Crippen MR) is 86.8 cm³/mol. The smallest absolute Gasteiger partial charge is 0.260 e. The molecule has 0 saturated carbocycles. The van der Waals surface area contributed by atoms with Gasteiger partial charge in [-0.1, -0.05) is 31.5 Å². The van der Waals surface area contributed by atoms with Gasteiger partial charge < -0.3 is 15.4 Å². The summed E-state index contributed by atoms with van der Waals surface area (Å²) < 4.78 is 5.67. The number of benzene rings is 1. The fraction of sp³-hybridized carbons (Fsp3) is 0.562. The highest BCUT2D eigenvalue weighted by Crippen LogP contribution is 2.26. The summed E-state index contributed by atoms with van der Waals surface area (Å²) in [6, 6.07) is 5.77. The molecule has 118 valence electrons. The molecule has 21 heavy (non-hydrogen) atoms. The van der Waals surface area contributed by atoms with Crippen LogP contribution in [0.15, 0.2) is 18.2 Å². The van der Waals surface area contributed by atoms with Crippen LogP contribution in [0.4, 0.5) is 0 Å². The van der Waals surface area contributed by atoms with Crippen molar-refractivity contribution in [3.05, 3.63) is 28.8 Å². The molecule has 0 spiro atoms. The first-order chi connectivity index (χ1) is 10.0. The molecule has 5 heteroatoms. The van der Waals surface area contributed by atoms with Crippen molar-refractivity contribution in [3.63, 3.8) is 0 Å². The molecule has 1 aromatic carbocycles. The van der Waals surface area contributed by atoms with Crippen LogP contribution in [0.3, 0.4) is 0 Å². The van der Waals surface area contributed by atoms with Crippen molar-refractivity contribution in [3.8, 4) is 5.75 Å². The van der Waals surface area contributed by atoms with Crippen LogP contribution in [0.5, 0.6) is 5.75 Å². The zero-order valence-electron chi connectivity index (χ0n) is 13.2. The molecule has 2 N–H and O–H groups in total. The van der Waals surface area contributed by atoms with Crippen LogP contribution in [0.2, 0.25) is 5.02 Å². The first-order valence-corrected chi connectivity index (χ1v) is 7.79. The van der Waals surface area contributed by atoms with E-state index in [-0.39, 0.29) is 11.9 Å². The van der Waals surface area contributed by atoms with Crippen molar-refractivity contribution in [2.75, 3.05) is 7.05 Å². The third-order valence-corrected chi connectivity index (χ3v) is 3.68. The number of nitrogens with one attached hydrogen (secondary N) is 2. The lowest BCUT2D eigenvalue weighted by atomic mass is 10.1. The molecule has 0 aliphatic rings. The summed E-state index contributed by atoms with van der Waals surface area (Å²) in [7, 11) is 1.88. The van der Waals surface area contributed by atoms with E-state index in [2.05, 4.69) is 24.5 Å². The zero-order chi connectivity index (χ0) is 15.8. The van der Waals surface area contributed by atoms with Crippen LogP contribution >= 0.6 is 11.6 Å². The van der Waals surface area contributed by atoms with E-state index in [0.717, 1.165) is 24.9 Å². The van der Waals surface area contributed by atoms with Gasteiger partial charge in [0.15, 0.2) is 6.10 Å². The second-order valence-electron chi connectivity index (χ2n) is 5.08. The third-order valence-electron chi connectivity index (χ3n) is 3.38. The topological polar surface area (TPSA) is 50.4 Å². The van der Waals surface area contributed by atoms with Gasteiger partial charge in [0, 0.05) is 12.6 Å². The van der Waals surface area contributed by atoms with Crippen LogP contribution < -0.4 is 15.4 Å². The molecule has 0 heterocycles. The lowest BCUT2D eigenvalue weighted by Crippen LogP contribution is -2.42. The summed E-state index contributed by atoms with van der Waals surface area (Å²) in [6.45, 7) is 6.58. The van der Waals surface area contributed by atoms with Crippen molar-refractivity contribution in [1.82, 2.24) is 10.6 Å². The Bertz CT molecular complexity index is 462. The minimum Gasteiger partial charge on any atom is -0.479 e. The number of ether oxygens (including phenoxy) is 1. The quantitative estimate of drug-likeness (QED) is 0.775. The lowest BCUT2D eigenvalue weighted by Gasteiger charge is -2.20. The highest BCUT2D eigenvalue weighted by Gasteiger charge is 2.18. The van der Waals surface area contributed by atoms with Gasteiger partial charge >= 0.3 is 0 Å². The SMILES string of the molecule is CCC(CC)NC(=O)C(C)Oc1ccc(CNC)cc1Cl. The van der Waals surface area contributed by atoms with E-state index in [1.807, 2.05) is 19.2 Å². The van der Waals surface area contributed by atoms with Gasteiger partial charge in [-0.15, -0.1) is 0 Å². The predicted octanol–water partition coefficient (Wildman–Crippen LogP) is 3.13. The number of hydrogen-bond donors (Lipinski definition) is 2. The molecular formula is C16H25ClN2O2. The van der Waals surface area contributed by atoms with Crippen LogP contribution in [0.1, 0.15) is 39.2 Å². The number of carbonyl (C=O) groups excluding carboxylic acids is 1. The minimum absolute atomic E-state index is 0.112. The van der Waals surface area contributed by atoms with Gasteiger partial charge in [0.1, 0.15) is 5.75 Å². The summed E-state index contributed by atoms with van der Waals surface area (Å²) in [4.78, 5) is 12.1. The molecule has 0 fully saturated rings. The molecule has 1 atom stereocenters. The van der Waals surface area contributed by atoms with Gasteiger partial charge in [-0.05, 0) is 44.5 Å². The standard InChI is InChI=1S/C16H25ClN2O2/c1-5-13(6-2)19-16(20)11(3)21-15-8-7-12(10-18-4)9-14(15)17/h7-9,11,13,18H,5-6,10H2,1-4H3,(H,19,20). The van der Waals surface area contributed by atoms with E-state index in [0.29, 0.717) is 10.8 Å². The van der Waals surface area contributed by atoms with E-state index in [4.69, 9.17) is 16.3 Å². The van der Waals surface area contributed by atoms with E-state index >= 15 is 0 Å². The van der Waals surface area contributed by atoms with Crippen molar-refractivity contribution in [1.29, 1.82) is 0 Å². The summed E-state index contributed by atoms with van der Waals surface area (Å²) in [6.07, 6.45) is 1.25. The molecule has 0 radical (unpaired) electrons. The van der Waals surface area contributed by atoms with Crippen molar-refractivity contribution >= 4 is 17.5 Å². The highest BCUT2D eigenvalue weighted by molar-refractivity contribution is 6.32. The molecule has 4 nitrogen and oxygen atoms in total. The number of rotatable bonds is 8. The number of halogens is 1. The molecule has 0 aliphatic heterocycles. The average Bonchev–Trinajstić information content (AvgIpc) is 2.47. The summed E-state index contributed by atoms with van der Waals surface area (Å²) in [5.41, 5.74) is 1.07. The summed E-state index contributed by atoms with van der Waals surface area (Å²) in [5.74, 6) is 0.419. The minimum atomic E-state index is -0.571. The Labute approximate surface area is 132 Å². The molecule has 1 unspecified atom stereocenters. The monoisotopic (exact) mass is 312 g/mol. The molecule has 0 saturated heterocycles. The van der Waals surface area contributed by atoms with E-state index in [1.165, 1.54) is 0 Å². The fourth-order valence-electron chi connectivity index (χ4n) is 2.01. The molecular weight excluding hydrogens is 288 g/mol. The normalized spacial score (nSPS) is 12.3. The molecule has 0 aromatic heterocycles. The van der Waals surface area contributed by atoms with E-state index in [9.17, 15) is 4.79 Å². The summed E-state index contributed by atoms with van der Waals surface area (Å²) in [5, 5.41) is 6.55. The Kier molecular flexibility index (Phi) is 7.54. The first-order valence-electron chi connectivity index (χ1n) is 7.41. The second kappa shape index (κ2) is 8.90. The van der Waals surface area contributed by atoms with Crippen LogP contribution in [-0.4, -0.2) is 25.1 Å². The summed E-state index contributed by atoms with van der Waals surface area (Å²) >= 11 is 6.19. The molecule has 1 amide bonds. The van der Waals surface area contributed by atoms with Crippen LogP contribution in [0, 0.1) is 0 Å². The Hall–Kier alpha value is -1.26. The van der Waals surface area contributed by atoms with E-state index in [1.54, 1.807) is 13.0 Å². The number of hydrogen-bond acceptors (Lipinski definition) is 3. The maximum atomic E-state index is 12.1. The Morgan fingerprint density at radius 1 is 1.33 bits per heavy atom. The van der Waals surface area contributed by atoms with Gasteiger partial charge in [-0.2, -0.15) is 0 Å². The number of carbonyl (C=O) groups is 1. The highest BCUT2D eigenvalue weighted by atomic mass is 35.5. The van der Waals surface area contributed by atoms with Gasteiger partial charge in [0.05, 0.1) is 5.02 Å². The Morgan fingerprint density at radius 3 is 2.52 bits per heavy atom. The van der Waals surface area contributed by atoms with Crippen molar-refractivity contribution < 1.29 is 9.53 Å². The van der Waals surface area contributed by atoms with Crippen LogP contribution in [0.25, 0.3) is 0 Å². The fourth-order valence-corrected chi connectivity index (χ4v) is 2.26. The Morgan fingerprint density at radius 2 is 2.00 bits per heavy atom.